The normalized spacial score (nSPS) is 12.5. The number of carbonyl (C=O) groups is 1. The zero-order valence-electron chi connectivity index (χ0n) is 14.7. The third-order valence-corrected chi connectivity index (χ3v) is 5.28. The minimum absolute atomic E-state index is 0.128. The minimum atomic E-state index is -3.78. The molecule has 140 valence electrons. The molecule has 0 saturated heterocycles. The molecule has 2 aromatic carbocycles. The Labute approximate surface area is 152 Å². The lowest BCUT2D eigenvalue weighted by molar-refractivity contribution is 0.0939. The van der Waals surface area contributed by atoms with Crippen molar-refractivity contribution in [3.05, 3.63) is 59.4 Å². The maximum absolute atomic E-state index is 13.7. The van der Waals surface area contributed by atoms with Crippen molar-refractivity contribution in [2.75, 3.05) is 14.2 Å². The SMILES string of the molecule is CNS(=O)(=O)c1cc(C(=O)NC(C)Cc2ccccc2F)ccc1OC. The summed E-state index contributed by atoms with van der Waals surface area (Å²) in [7, 11) is -1.16. The van der Waals surface area contributed by atoms with E-state index in [1.165, 1.54) is 38.4 Å². The third-order valence-electron chi connectivity index (χ3n) is 3.85. The maximum atomic E-state index is 13.7. The van der Waals surface area contributed by atoms with Gasteiger partial charge in [-0.3, -0.25) is 4.79 Å². The maximum Gasteiger partial charge on any atom is 0.251 e. The molecule has 0 aliphatic carbocycles. The van der Waals surface area contributed by atoms with Crippen LogP contribution >= 0.6 is 0 Å². The zero-order valence-corrected chi connectivity index (χ0v) is 15.6. The van der Waals surface area contributed by atoms with Crippen LogP contribution in [-0.4, -0.2) is 34.5 Å². The predicted molar refractivity (Wildman–Crippen MR) is 96.3 cm³/mol. The van der Waals surface area contributed by atoms with E-state index in [4.69, 9.17) is 4.74 Å². The topological polar surface area (TPSA) is 84.5 Å². The number of methoxy groups -OCH3 is 1. The first-order valence-corrected chi connectivity index (χ1v) is 9.42. The highest BCUT2D eigenvalue weighted by molar-refractivity contribution is 7.89. The van der Waals surface area contributed by atoms with Crippen LogP contribution in [-0.2, 0) is 16.4 Å². The van der Waals surface area contributed by atoms with E-state index in [9.17, 15) is 17.6 Å². The van der Waals surface area contributed by atoms with Gasteiger partial charge >= 0.3 is 0 Å². The van der Waals surface area contributed by atoms with Crippen molar-refractivity contribution in [2.45, 2.75) is 24.3 Å². The van der Waals surface area contributed by atoms with E-state index in [1.807, 2.05) is 0 Å². The zero-order chi connectivity index (χ0) is 19.3. The van der Waals surface area contributed by atoms with Crippen LogP contribution < -0.4 is 14.8 Å². The Kier molecular flexibility index (Phi) is 6.33. The second-order valence-electron chi connectivity index (χ2n) is 5.74. The molecule has 2 rings (SSSR count). The van der Waals surface area contributed by atoms with Crippen molar-refractivity contribution < 1.29 is 22.3 Å². The smallest absolute Gasteiger partial charge is 0.251 e. The molecule has 0 aliphatic heterocycles. The highest BCUT2D eigenvalue weighted by Crippen LogP contribution is 2.24. The molecule has 26 heavy (non-hydrogen) atoms. The van der Waals surface area contributed by atoms with E-state index in [-0.39, 0.29) is 28.1 Å². The van der Waals surface area contributed by atoms with Crippen LogP contribution in [0.4, 0.5) is 4.39 Å². The molecule has 0 fully saturated rings. The first-order chi connectivity index (χ1) is 12.3. The number of amides is 1. The Balaban J connectivity index is 2.19. The minimum Gasteiger partial charge on any atom is -0.495 e. The molecule has 0 heterocycles. The molecule has 0 radical (unpaired) electrons. The van der Waals surface area contributed by atoms with Crippen LogP contribution in [0.25, 0.3) is 0 Å². The second-order valence-corrected chi connectivity index (χ2v) is 7.60. The average Bonchev–Trinajstić information content (AvgIpc) is 2.63. The quantitative estimate of drug-likeness (QED) is 0.770. The Hall–Kier alpha value is -2.45. The van der Waals surface area contributed by atoms with E-state index in [2.05, 4.69) is 10.0 Å². The number of benzene rings is 2. The van der Waals surface area contributed by atoms with Gasteiger partial charge in [0.15, 0.2) is 0 Å². The molecule has 0 saturated carbocycles. The summed E-state index contributed by atoms with van der Waals surface area (Å²) in [6.45, 7) is 1.75. The monoisotopic (exact) mass is 380 g/mol. The fourth-order valence-corrected chi connectivity index (χ4v) is 3.41. The number of nitrogens with one attached hydrogen (secondary N) is 2. The van der Waals surface area contributed by atoms with Crippen molar-refractivity contribution in [1.82, 2.24) is 10.0 Å². The average molecular weight is 380 g/mol. The summed E-state index contributed by atoms with van der Waals surface area (Å²) in [5.41, 5.74) is 0.661. The molecule has 8 heteroatoms. The van der Waals surface area contributed by atoms with Gasteiger partial charge in [-0.25, -0.2) is 17.5 Å². The molecular weight excluding hydrogens is 359 g/mol. The number of halogens is 1. The first kappa shape index (κ1) is 19.9. The van der Waals surface area contributed by atoms with Crippen LogP contribution in [0.1, 0.15) is 22.8 Å². The van der Waals surface area contributed by atoms with Gasteiger partial charge in [0.05, 0.1) is 7.11 Å². The van der Waals surface area contributed by atoms with Gasteiger partial charge in [0.2, 0.25) is 10.0 Å². The summed E-state index contributed by atoms with van der Waals surface area (Å²) in [5.74, 6) is -0.653. The Morgan fingerprint density at radius 1 is 1.23 bits per heavy atom. The Morgan fingerprint density at radius 3 is 2.54 bits per heavy atom. The molecule has 2 N–H and O–H groups in total. The van der Waals surface area contributed by atoms with E-state index in [1.54, 1.807) is 25.1 Å². The van der Waals surface area contributed by atoms with Gasteiger partial charge in [-0.05, 0) is 50.2 Å². The van der Waals surface area contributed by atoms with Crippen molar-refractivity contribution in [3.8, 4) is 5.75 Å². The molecule has 0 aliphatic rings. The van der Waals surface area contributed by atoms with E-state index < -0.39 is 15.9 Å². The van der Waals surface area contributed by atoms with Gasteiger partial charge in [-0.1, -0.05) is 18.2 Å². The Bertz CT molecular complexity index is 900. The summed E-state index contributed by atoms with van der Waals surface area (Å²) in [4.78, 5) is 12.3. The fourth-order valence-electron chi connectivity index (χ4n) is 2.49. The largest absolute Gasteiger partial charge is 0.495 e. The van der Waals surface area contributed by atoms with Crippen LogP contribution in [0.3, 0.4) is 0 Å². The van der Waals surface area contributed by atoms with Crippen LogP contribution in [0.2, 0.25) is 0 Å². The van der Waals surface area contributed by atoms with Crippen molar-refractivity contribution in [3.63, 3.8) is 0 Å². The van der Waals surface area contributed by atoms with Gasteiger partial charge in [-0.15, -0.1) is 0 Å². The molecule has 6 nitrogen and oxygen atoms in total. The van der Waals surface area contributed by atoms with Gasteiger partial charge in [-0.2, -0.15) is 0 Å². The lowest BCUT2D eigenvalue weighted by atomic mass is 10.1. The van der Waals surface area contributed by atoms with Gasteiger partial charge in [0, 0.05) is 11.6 Å². The summed E-state index contributed by atoms with van der Waals surface area (Å²) in [5, 5.41) is 2.74. The number of sulfonamides is 1. The standard InChI is InChI=1S/C18H21FN2O4S/c1-12(10-13-6-4-5-7-15(13)19)21-18(22)14-8-9-16(25-3)17(11-14)26(23,24)20-2/h4-9,11-12,20H,10H2,1-3H3,(H,21,22). The molecular formula is C18H21FN2O4S. The number of hydrogen-bond donors (Lipinski definition) is 2. The highest BCUT2D eigenvalue weighted by Gasteiger charge is 2.21. The third kappa shape index (κ3) is 4.59. The lowest BCUT2D eigenvalue weighted by Gasteiger charge is -2.16. The van der Waals surface area contributed by atoms with Crippen molar-refractivity contribution in [1.29, 1.82) is 0 Å². The molecule has 0 bridgehead atoms. The molecule has 2 aromatic rings. The highest BCUT2D eigenvalue weighted by atomic mass is 32.2. The summed E-state index contributed by atoms with van der Waals surface area (Å²) in [6, 6.07) is 10.1. The molecule has 0 aromatic heterocycles. The van der Waals surface area contributed by atoms with E-state index in [0.717, 1.165) is 0 Å². The fraction of sp³-hybridized carbons (Fsp3) is 0.278. The van der Waals surface area contributed by atoms with Crippen LogP contribution in [0, 0.1) is 5.82 Å². The second kappa shape index (κ2) is 8.29. The lowest BCUT2D eigenvalue weighted by Crippen LogP contribution is -2.34. The van der Waals surface area contributed by atoms with Gasteiger partial charge in [0.1, 0.15) is 16.5 Å². The van der Waals surface area contributed by atoms with E-state index >= 15 is 0 Å². The molecule has 1 unspecified atom stereocenters. The van der Waals surface area contributed by atoms with Crippen molar-refractivity contribution >= 4 is 15.9 Å². The van der Waals surface area contributed by atoms with Crippen LogP contribution in [0.5, 0.6) is 5.75 Å². The summed E-state index contributed by atoms with van der Waals surface area (Å²) in [6.07, 6.45) is 0.316. The number of rotatable bonds is 7. The molecule has 0 spiro atoms. The molecule has 1 amide bonds. The van der Waals surface area contributed by atoms with E-state index in [0.29, 0.717) is 12.0 Å². The van der Waals surface area contributed by atoms with Crippen molar-refractivity contribution in [2.24, 2.45) is 0 Å². The molecule has 1 atom stereocenters. The van der Waals surface area contributed by atoms with Crippen LogP contribution in [0.15, 0.2) is 47.4 Å². The summed E-state index contributed by atoms with van der Waals surface area (Å²) < 4.78 is 45.1. The Morgan fingerprint density at radius 2 is 1.92 bits per heavy atom. The summed E-state index contributed by atoms with van der Waals surface area (Å²) >= 11 is 0. The predicted octanol–water partition coefficient (Wildman–Crippen LogP) is 2.10. The number of ether oxygens (including phenoxy) is 1. The van der Waals surface area contributed by atoms with Gasteiger partial charge in [0.25, 0.3) is 5.91 Å². The number of carbonyl (C=O) groups excluding carboxylic acids is 1. The van der Waals surface area contributed by atoms with Gasteiger partial charge < -0.3 is 10.1 Å². The first-order valence-electron chi connectivity index (χ1n) is 7.94. The number of hydrogen-bond acceptors (Lipinski definition) is 4.